The largest absolute Gasteiger partial charge is 0.342 e. The summed E-state index contributed by atoms with van der Waals surface area (Å²) in [6, 6.07) is 0. The van der Waals surface area contributed by atoms with Gasteiger partial charge in [0, 0.05) is 24.9 Å². The molecule has 5 nitrogen and oxygen atoms in total. The number of likely N-dealkylation sites (tertiary alicyclic amines) is 1. The molecule has 0 aromatic carbocycles. The molecule has 5 fully saturated rings. The zero-order valence-corrected chi connectivity index (χ0v) is 14.6. The molecule has 130 valence electrons. The number of nitrogens with one attached hydrogen (secondary N) is 1. The molecule has 4 aliphatic carbocycles. The summed E-state index contributed by atoms with van der Waals surface area (Å²) in [5, 5.41) is 7.30. The van der Waals surface area contributed by atoms with Gasteiger partial charge >= 0.3 is 0 Å². The SMILES string of the molecule is Cc1nc([C@@H]2CCCN(C(=O)C3C4CC5CC(C4)CC3C5)C2)n[nH]1. The summed E-state index contributed by atoms with van der Waals surface area (Å²) in [6.45, 7) is 3.69. The molecule has 24 heavy (non-hydrogen) atoms. The minimum Gasteiger partial charge on any atom is -0.342 e. The van der Waals surface area contributed by atoms with Crippen LogP contribution in [0.3, 0.4) is 0 Å². The number of nitrogens with zero attached hydrogens (tertiary/aromatic N) is 3. The third-order valence-electron chi connectivity index (χ3n) is 7.22. The molecular formula is C19H28N4O. The number of hydrogen-bond acceptors (Lipinski definition) is 3. The predicted octanol–water partition coefficient (Wildman–Crippen LogP) is 2.89. The van der Waals surface area contributed by atoms with Crippen LogP contribution in [0, 0.1) is 36.5 Å². The summed E-state index contributed by atoms with van der Waals surface area (Å²) in [5.41, 5.74) is 0. The fraction of sp³-hybridized carbons (Fsp3) is 0.842. The number of piperidine rings is 1. The van der Waals surface area contributed by atoms with E-state index >= 15 is 0 Å². The Morgan fingerprint density at radius 2 is 1.83 bits per heavy atom. The van der Waals surface area contributed by atoms with Crippen molar-refractivity contribution >= 4 is 5.91 Å². The number of amides is 1. The lowest BCUT2D eigenvalue weighted by atomic mass is 9.51. The number of aromatic nitrogens is 3. The Balaban J connectivity index is 1.32. The zero-order chi connectivity index (χ0) is 16.3. The van der Waals surface area contributed by atoms with Gasteiger partial charge in [-0.2, -0.15) is 5.10 Å². The molecule has 0 radical (unpaired) electrons. The molecule has 1 saturated heterocycles. The molecule has 1 aromatic heterocycles. The van der Waals surface area contributed by atoms with E-state index in [1.54, 1.807) is 0 Å². The standard InChI is InChI=1S/C19H28N4O/c1-11-20-18(22-21-11)14-3-2-4-23(10-14)19(24)17-15-6-12-5-13(8-15)9-16(17)7-12/h12-17H,2-10H2,1H3,(H,20,21,22)/t12?,13?,14-,15?,16?,17?/m1/s1. The molecule has 1 aliphatic heterocycles. The van der Waals surface area contributed by atoms with Crippen molar-refractivity contribution in [2.24, 2.45) is 29.6 Å². The summed E-state index contributed by atoms with van der Waals surface area (Å²) in [7, 11) is 0. The minimum atomic E-state index is 0.310. The molecule has 1 N–H and O–H groups in total. The summed E-state index contributed by atoms with van der Waals surface area (Å²) in [6.07, 6.45) is 8.91. The van der Waals surface area contributed by atoms with E-state index in [2.05, 4.69) is 20.1 Å². The third-order valence-corrected chi connectivity index (χ3v) is 7.22. The third kappa shape index (κ3) is 2.39. The van der Waals surface area contributed by atoms with E-state index in [4.69, 9.17) is 0 Å². The van der Waals surface area contributed by atoms with Gasteiger partial charge in [0.25, 0.3) is 0 Å². The van der Waals surface area contributed by atoms with Crippen LogP contribution in [0.25, 0.3) is 0 Å². The van der Waals surface area contributed by atoms with Crippen LogP contribution >= 0.6 is 0 Å². The van der Waals surface area contributed by atoms with Crippen LogP contribution in [0.4, 0.5) is 0 Å². The Kier molecular flexibility index (Phi) is 3.46. The molecule has 4 bridgehead atoms. The second-order valence-corrected chi connectivity index (χ2v) is 8.86. The first-order valence-electron chi connectivity index (χ1n) is 9.85. The van der Waals surface area contributed by atoms with Crippen molar-refractivity contribution in [1.29, 1.82) is 0 Å². The van der Waals surface area contributed by atoms with Crippen LogP contribution in [0.5, 0.6) is 0 Å². The Morgan fingerprint density at radius 1 is 1.12 bits per heavy atom. The molecule has 5 aliphatic rings. The monoisotopic (exact) mass is 328 g/mol. The van der Waals surface area contributed by atoms with Gasteiger partial charge in [0.05, 0.1) is 0 Å². The van der Waals surface area contributed by atoms with Crippen LogP contribution < -0.4 is 0 Å². The highest BCUT2D eigenvalue weighted by atomic mass is 16.2. The summed E-state index contributed by atoms with van der Waals surface area (Å²) in [4.78, 5) is 20.0. The quantitative estimate of drug-likeness (QED) is 0.908. The van der Waals surface area contributed by atoms with Gasteiger partial charge in [0.15, 0.2) is 5.82 Å². The summed E-state index contributed by atoms with van der Waals surface area (Å²) < 4.78 is 0. The van der Waals surface area contributed by atoms with Gasteiger partial charge in [-0.15, -0.1) is 0 Å². The van der Waals surface area contributed by atoms with Crippen molar-refractivity contribution in [3.05, 3.63) is 11.6 Å². The lowest BCUT2D eigenvalue weighted by Gasteiger charge is -2.54. The Morgan fingerprint density at radius 3 is 2.46 bits per heavy atom. The predicted molar refractivity (Wildman–Crippen MR) is 90.2 cm³/mol. The van der Waals surface area contributed by atoms with E-state index in [0.29, 0.717) is 29.6 Å². The van der Waals surface area contributed by atoms with Gasteiger partial charge in [-0.3, -0.25) is 9.89 Å². The molecular weight excluding hydrogens is 300 g/mol. The van der Waals surface area contributed by atoms with Crippen molar-refractivity contribution in [3.8, 4) is 0 Å². The van der Waals surface area contributed by atoms with E-state index in [-0.39, 0.29) is 0 Å². The Hall–Kier alpha value is -1.39. The molecule has 6 rings (SSSR count). The molecule has 2 heterocycles. The van der Waals surface area contributed by atoms with E-state index in [0.717, 1.165) is 49.4 Å². The number of aryl methyl sites for hydroxylation is 1. The molecule has 1 aromatic rings. The summed E-state index contributed by atoms with van der Waals surface area (Å²) in [5.74, 6) is 6.09. The highest BCUT2D eigenvalue weighted by Gasteiger charge is 2.51. The molecule has 5 heteroatoms. The van der Waals surface area contributed by atoms with E-state index in [1.165, 1.54) is 32.1 Å². The lowest BCUT2D eigenvalue weighted by molar-refractivity contribution is -0.150. The number of hydrogen-bond donors (Lipinski definition) is 1. The van der Waals surface area contributed by atoms with Gasteiger partial charge in [0.2, 0.25) is 5.91 Å². The van der Waals surface area contributed by atoms with Gasteiger partial charge in [0.1, 0.15) is 5.82 Å². The maximum absolute atomic E-state index is 13.3. The zero-order valence-electron chi connectivity index (χ0n) is 14.6. The first kappa shape index (κ1) is 14.9. The average Bonchev–Trinajstić information content (AvgIpc) is 3.00. The van der Waals surface area contributed by atoms with E-state index in [9.17, 15) is 4.79 Å². The first-order chi connectivity index (χ1) is 11.7. The number of rotatable bonds is 2. The van der Waals surface area contributed by atoms with Crippen molar-refractivity contribution in [2.75, 3.05) is 13.1 Å². The number of H-pyrrole nitrogens is 1. The fourth-order valence-electron chi connectivity index (χ4n) is 6.47. The molecule has 1 amide bonds. The fourth-order valence-corrected chi connectivity index (χ4v) is 6.47. The van der Waals surface area contributed by atoms with Crippen LogP contribution in [0.1, 0.15) is 62.5 Å². The highest BCUT2D eigenvalue weighted by Crippen LogP contribution is 2.57. The van der Waals surface area contributed by atoms with Crippen LogP contribution in [-0.2, 0) is 4.79 Å². The van der Waals surface area contributed by atoms with Gasteiger partial charge in [-0.25, -0.2) is 4.98 Å². The highest BCUT2D eigenvalue weighted by molar-refractivity contribution is 5.80. The number of aromatic amines is 1. The van der Waals surface area contributed by atoms with Gasteiger partial charge in [-0.05, 0) is 75.5 Å². The van der Waals surface area contributed by atoms with Crippen molar-refractivity contribution in [2.45, 2.75) is 57.8 Å². The average molecular weight is 328 g/mol. The van der Waals surface area contributed by atoms with Crippen molar-refractivity contribution in [1.82, 2.24) is 20.1 Å². The van der Waals surface area contributed by atoms with Gasteiger partial charge in [-0.1, -0.05) is 0 Å². The Labute approximate surface area is 143 Å². The molecule has 4 saturated carbocycles. The second-order valence-electron chi connectivity index (χ2n) is 8.86. The molecule has 1 atom stereocenters. The summed E-state index contributed by atoms with van der Waals surface area (Å²) >= 11 is 0. The minimum absolute atomic E-state index is 0.310. The topological polar surface area (TPSA) is 61.9 Å². The lowest BCUT2D eigenvalue weighted by Crippen LogP contribution is -2.53. The smallest absolute Gasteiger partial charge is 0.226 e. The van der Waals surface area contributed by atoms with Crippen molar-refractivity contribution in [3.63, 3.8) is 0 Å². The normalized spacial score (nSPS) is 41.0. The maximum atomic E-state index is 13.3. The van der Waals surface area contributed by atoms with Crippen LogP contribution in [-0.4, -0.2) is 39.1 Å². The maximum Gasteiger partial charge on any atom is 0.226 e. The molecule has 0 spiro atoms. The van der Waals surface area contributed by atoms with Crippen LogP contribution in [0.15, 0.2) is 0 Å². The van der Waals surface area contributed by atoms with Crippen molar-refractivity contribution < 1.29 is 4.79 Å². The molecule has 0 unspecified atom stereocenters. The van der Waals surface area contributed by atoms with Crippen LogP contribution in [0.2, 0.25) is 0 Å². The van der Waals surface area contributed by atoms with E-state index in [1.807, 2.05) is 6.92 Å². The number of carbonyl (C=O) groups is 1. The Bertz CT molecular complexity index is 611. The van der Waals surface area contributed by atoms with E-state index < -0.39 is 0 Å². The second kappa shape index (κ2) is 5.57. The number of carbonyl (C=O) groups excluding carboxylic acids is 1. The van der Waals surface area contributed by atoms with Gasteiger partial charge < -0.3 is 4.90 Å². The first-order valence-corrected chi connectivity index (χ1v) is 9.85.